The number of anilines is 1. The van der Waals surface area contributed by atoms with E-state index in [1.807, 2.05) is 32.0 Å². The molecule has 0 aromatic carbocycles. The normalized spacial score (nSPS) is 15.4. The first-order valence-corrected chi connectivity index (χ1v) is 12.0. The number of carbonyl (C=O) groups is 2. The Bertz CT molecular complexity index is 1160. The van der Waals surface area contributed by atoms with Crippen LogP contribution >= 0.6 is 11.3 Å². The summed E-state index contributed by atoms with van der Waals surface area (Å²) < 4.78 is 0.695. The summed E-state index contributed by atoms with van der Waals surface area (Å²) >= 11 is 1.42. The lowest BCUT2D eigenvalue weighted by atomic mass is 9.85. The lowest BCUT2D eigenvalue weighted by Gasteiger charge is -2.39. The number of nitrogens with zero attached hydrogens (tertiary/aromatic N) is 5. The molecule has 1 amide bonds. The fourth-order valence-electron chi connectivity index (χ4n) is 4.04. The number of ketones is 1. The molecular weight excluding hydrogens is 436 g/mol. The molecule has 1 atom stereocenters. The lowest BCUT2D eigenvalue weighted by Crippen LogP contribution is -2.50. The molecule has 174 valence electrons. The van der Waals surface area contributed by atoms with Gasteiger partial charge in [-0.05, 0) is 31.4 Å². The highest BCUT2D eigenvalue weighted by Crippen LogP contribution is 2.30. The predicted octanol–water partition coefficient (Wildman–Crippen LogP) is 4.43. The highest BCUT2D eigenvalue weighted by atomic mass is 32.1. The van der Waals surface area contributed by atoms with Gasteiger partial charge in [-0.15, -0.1) is 11.3 Å². The number of fused-ring (bicyclic) bond motifs is 1. The molecular formula is C24H30N6O2S. The Kier molecular flexibility index (Phi) is 6.43. The van der Waals surface area contributed by atoms with Gasteiger partial charge in [0.25, 0.3) is 5.91 Å². The number of hydrogen-bond donors (Lipinski definition) is 1. The molecule has 0 bridgehead atoms. The van der Waals surface area contributed by atoms with Crippen LogP contribution in [-0.4, -0.2) is 49.6 Å². The zero-order chi connectivity index (χ0) is 23.8. The van der Waals surface area contributed by atoms with Crippen LogP contribution < -0.4 is 5.32 Å². The van der Waals surface area contributed by atoms with Crippen LogP contribution in [0.25, 0.3) is 10.3 Å². The molecule has 9 heteroatoms. The molecule has 1 fully saturated rings. The van der Waals surface area contributed by atoms with Crippen LogP contribution in [-0.2, 0) is 4.79 Å². The summed E-state index contributed by atoms with van der Waals surface area (Å²) in [7, 11) is 0. The first kappa shape index (κ1) is 23.2. The van der Waals surface area contributed by atoms with Gasteiger partial charge in [0.05, 0.1) is 16.7 Å². The van der Waals surface area contributed by atoms with Gasteiger partial charge in [-0.2, -0.15) is 4.98 Å². The second kappa shape index (κ2) is 9.13. The van der Waals surface area contributed by atoms with Crippen molar-refractivity contribution < 1.29 is 9.59 Å². The minimum Gasteiger partial charge on any atom is -0.346 e. The van der Waals surface area contributed by atoms with Crippen molar-refractivity contribution in [1.82, 2.24) is 24.8 Å². The first-order valence-electron chi connectivity index (χ1n) is 11.2. The molecule has 0 saturated carbocycles. The number of pyridine rings is 1. The minimum atomic E-state index is -0.140. The second-order valence-electron chi connectivity index (χ2n) is 9.96. The van der Waals surface area contributed by atoms with Crippen LogP contribution in [0.3, 0.4) is 0 Å². The van der Waals surface area contributed by atoms with E-state index < -0.39 is 0 Å². The van der Waals surface area contributed by atoms with Crippen LogP contribution in [0.5, 0.6) is 0 Å². The van der Waals surface area contributed by atoms with Crippen LogP contribution in [0.15, 0.2) is 24.4 Å². The average molecular weight is 467 g/mol. The van der Waals surface area contributed by atoms with E-state index in [4.69, 9.17) is 0 Å². The highest BCUT2D eigenvalue weighted by molar-refractivity contribution is 7.18. The van der Waals surface area contributed by atoms with Crippen molar-refractivity contribution in [2.24, 2.45) is 11.3 Å². The third-order valence-electron chi connectivity index (χ3n) is 5.53. The summed E-state index contributed by atoms with van der Waals surface area (Å²) in [4.78, 5) is 45.3. The second-order valence-corrected chi connectivity index (χ2v) is 11.2. The summed E-state index contributed by atoms with van der Waals surface area (Å²) in [6, 6.07) is 5.59. The molecule has 3 aromatic rings. The zero-order valence-corrected chi connectivity index (χ0v) is 20.6. The Morgan fingerprint density at radius 3 is 2.64 bits per heavy atom. The van der Waals surface area contributed by atoms with Crippen molar-refractivity contribution in [3.8, 4) is 0 Å². The van der Waals surface area contributed by atoms with Gasteiger partial charge >= 0.3 is 0 Å². The first-order chi connectivity index (χ1) is 15.6. The fraction of sp³-hybridized carbons (Fsp3) is 0.500. The molecule has 3 aromatic heterocycles. The standard InChI is InChI=1S/C24H30N6O2S/c1-14(18-8-6-7-9-25-18)26-23-28-19(20-21(29-23)27-15(2)33-20)22(32)30-12-16(13-30)10-17(31)11-24(3,4)5/h6-9,14,16H,10-13H2,1-5H3,(H,26,28,29)/t14-/m0/s1. The third kappa shape index (κ3) is 5.52. The summed E-state index contributed by atoms with van der Waals surface area (Å²) in [5.41, 5.74) is 1.72. The molecule has 0 unspecified atom stereocenters. The maximum absolute atomic E-state index is 13.3. The fourth-order valence-corrected chi connectivity index (χ4v) is 4.88. The number of rotatable bonds is 7. The van der Waals surface area contributed by atoms with E-state index in [0.717, 1.165) is 10.7 Å². The highest BCUT2D eigenvalue weighted by Gasteiger charge is 2.35. The Hall–Kier alpha value is -2.94. The molecule has 8 nitrogen and oxygen atoms in total. The van der Waals surface area contributed by atoms with Crippen molar-refractivity contribution in [3.05, 3.63) is 40.8 Å². The van der Waals surface area contributed by atoms with Crippen molar-refractivity contribution >= 4 is 39.3 Å². The van der Waals surface area contributed by atoms with E-state index in [-0.39, 0.29) is 29.1 Å². The van der Waals surface area contributed by atoms with E-state index in [2.05, 4.69) is 46.0 Å². The number of thiazole rings is 1. The number of likely N-dealkylation sites (tertiary alicyclic amines) is 1. The van der Waals surface area contributed by atoms with Crippen LogP contribution in [0.1, 0.15) is 67.8 Å². The molecule has 0 spiro atoms. The van der Waals surface area contributed by atoms with Gasteiger partial charge < -0.3 is 10.2 Å². The van der Waals surface area contributed by atoms with Crippen LogP contribution in [0.4, 0.5) is 5.95 Å². The van der Waals surface area contributed by atoms with Crippen LogP contribution in [0.2, 0.25) is 0 Å². The predicted molar refractivity (Wildman–Crippen MR) is 129 cm³/mol. The van der Waals surface area contributed by atoms with Gasteiger partial charge in [-0.3, -0.25) is 14.6 Å². The molecule has 1 aliphatic rings. The number of carbonyl (C=O) groups excluding carboxylic acids is 2. The van der Waals surface area contributed by atoms with Gasteiger partial charge in [0.15, 0.2) is 11.3 Å². The number of aromatic nitrogens is 4. The molecule has 33 heavy (non-hydrogen) atoms. The Morgan fingerprint density at radius 2 is 1.97 bits per heavy atom. The summed E-state index contributed by atoms with van der Waals surface area (Å²) in [5.74, 6) is 0.689. The topological polar surface area (TPSA) is 101 Å². The maximum Gasteiger partial charge on any atom is 0.274 e. The van der Waals surface area contributed by atoms with E-state index in [1.54, 1.807) is 11.1 Å². The number of aryl methyl sites for hydroxylation is 1. The summed E-state index contributed by atoms with van der Waals surface area (Å²) in [6.45, 7) is 11.2. The van der Waals surface area contributed by atoms with E-state index in [0.29, 0.717) is 47.9 Å². The number of amides is 1. The van der Waals surface area contributed by atoms with Gasteiger partial charge in [0.2, 0.25) is 5.95 Å². The molecule has 4 rings (SSSR count). The third-order valence-corrected chi connectivity index (χ3v) is 6.50. The molecule has 0 aliphatic carbocycles. The van der Waals surface area contributed by atoms with Gasteiger partial charge in [-0.25, -0.2) is 9.97 Å². The molecule has 1 N–H and O–H groups in total. The average Bonchev–Trinajstić information content (AvgIpc) is 3.08. The molecule has 1 saturated heterocycles. The van der Waals surface area contributed by atoms with E-state index in [1.165, 1.54) is 11.3 Å². The molecule has 1 aliphatic heterocycles. The van der Waals surface area contributed by atoms with Gasteiger partial charge in [0, 0.05) is 38.0 Å². The quantitative estimate of drug-likeness (QED) is 0.550. The van der Waals surface area contributed by atoms with Gasteiger partial charge in [-0.1, -0.05) is 26.8 Å². The Morgan fingerprint density at radius 1 is 1.21 bits per heavy atom. The number of hydrogen-bond acceptors (Lipinski definition) is 8. The minimum absolute atomic E-state index is 0.0112. The van der Waals surface area contributed by atoms with E-state index in [9.17, 15) is 9.59 Å². The van der Waals surface area contributed by atoms with Crippen molar-refractivity contribution in [2.45, 2.75) is 53.5 Å². The lowest BCUT2D eigenvalue weighted by molar-refractivity contribution is -0.122. The zero-order valence-electron chi connectivity index (χ0n) is 19.8. The monoisotopic (exact) mass is 466 g/mol. The van der Waals surface area contributed by atoms with E-state index >= 15 is 0 Å². The van der Waals surface area contributed by atoms with Crippen molar-refractivity contribution in [2.75, 3.05) is 18.4 Å². The Labute approximate surface area is 197 Å². The summed E-state index contributed by atoms with van der Waals surface area (Å²) in [5, 5.41) is 4.08. The SMILES string of the molecule is Cc1nc2nc(N[C@@H](C)c3ccccn3)nc(C(=O)N3CC(CC(=O)CC(C)(C)C)C3)c2s1. The molecule has 4 heterocycles. The van der Waals surface area contributed by atoms with Crippen LogP contribution in [0, 0.1) is 18.3 Å². The van der Waals surface area contributed by atoms with Crippen molar-refractivity contribution in [1.29, 1.82) is 0 Å². The molecule has 0 radical (unpaired) electrons. The number of Topliss-reactive ketones (excluding diaryl/α,β-unsaturated/α-hetero) is 1. The van der Waals surface area contributed by atoms with Crippen molar-refractivity contribution in [3.63, 3.8) is 0 Å². The Balaban J connectivity index is 1.49. The summed E-state index contributed by atoms with van der Waals surface area (Å²) in [6.07, 6.45) is 2.82. The maximum atomic E-state index is 13.3. The largest absolute Gasteiger partial charge is 0.346 e. The number of nitrogens with one attached hydrogen (secondary N) is 1. The smallest absolute Gasteiger partial charge is 0.274 e. The van der Waals surface area contributed by atoms with Gasteiger partial charge in [0.1, 0.15) is 10.5 Å².